The highest BCUT2D eigenvalue weighted by Crippen LogP contribution is 2.62. The van der Waals surface area contributed by atoms with Gasteiger partial charge in [-0.2, -0.15) is 0 Å². The Morgan fingerprint density at radius 2 is 1.00 bits per heavy atom. The number of rotatable bonds is 7. The molecule has 0 N–H and O–H groups in total. The van der Waals surface area contributed by atoms with Crippen LogP contribution < -0.4 is 0 Å². The molecule has 1 unspecified atom stereocenters. The molecule has 4 aromatic heterocycles. The summed E-state index contributed by atoms with van der Waals surface area (Å²) in [7, 11) is 0. The number of benzene rings is 7. The summed E-state index contributed by atoms with van der Waals surface area (Å²) in [4.78, 5) is 17.8. The molecule has 0 radical (unpaired) electrons. The van der Waals surface area contributed by atoms with Gasteiger partial charge in [-0.1, -0.05) is 154 Å². The molecular formula is C54H37N3O2S. The Bertz CT molecular complexity index is 3410. The Hall–Kier alpha value is -7.15. The molecular weight excluding hydrogens is 755 g/mol. The summed E-state index contributed by atoms with van der Waals surface area (Å²) in [5.74, 6) is 1.97. The normalized spacial score (nSPS) is 14.7. The summed E-state index contributed by atoms with van der Waals surface area (Å²) in [5, 5.41) is 4.53. The van der Waals surface area contributed by atoms with Gasteiger partial charge in [0.25, 0.3) is 0 Å². The smallest absolute Gasteiger partial charge is 0.164 e. The van der Waals surface area contributed by atoms with Crippen molar-refractivity contribution in [2.75, 3.05) is 0 Å². The van der Waals surface area contributed by atoms with Crippen molar-refractivity contribution in [1.29, 1.82) is 0 Å². The van der Waals surface area contributed by atoms with Crippen LogP contribution in [-0.4, -0.2) is 15.0 Å². The van der Waals surface area contributed by atoms with Gasteiger partial charge in [-0.15, -0.1) is 11.3 Å². The average molecular weight is 792 g/mol. The lowest BCUT2D eigenvalue weighted by atomic mass is 9.73. The van der Waals surface area contributed by atoms with Crippen molar-refractivity contribution in [3.05, 3.63) is 175 Å². The lowest BCUT2D eigenvalue weighted by Crippen LogP contribution is -2.21. The molecule has 5 nitrogen and oxygen atoms in total. The lowest BCUT2D eigenvalue weighted by molar-refractivity contribution is 0.526. The largest absolute Gasteiger partial charge is 0.456 e. The average Bonchev–Trinajstić information content (AvgIpc) is 4.06. The lowest BCUT2D eigenvalue weighted by Gasteiger charge is -2.29. The van der Waals surface area contributed by atoms with Crippen LogP contribution in [0.3, 0.4) is 0 Å². The third-order valence-electron chi connectivity index (χ3n) is 12.3. The first-order valence-corrected chi connectivity index (χ1v) is 21.4. The van der Waals surface area contributed by atoms with Crippen LogP contribution in [0, 0.1) is 0 Å². The van der Waals surface area contributed by atoms with Gasteiger partial charge in [0, 0.05) is 64.5 Å². The molecule has 0 bridgehead atoms. The van der Waals surface area contributed by atoms with Crippen molar-refractivity contribution in [2.45, 2.75) is 32.1 Å². The van der Waals surface area contributed by atoms with Crippen molar-refractivity contribution in [3.8, 4) is 66.2 Å². The molecule has 0 amide bonds. The quantitative estimate of drug-likeness (QED) is 0.161. The Labute approximate surface area is 350 Å². The van der Waals surface area contributed by atoms with Crippen LogP contribution in [0.1, 0.15) is 37.8 Å². The highest BCUT2D eigenvalue weighted by atomic mass is 32.1. The van der Waals surface area contributed by atoms with E-state index in [4.69, 9.17) is 23.8 Å². The predicted octanol–water partition coefficient (Wildman–Crippen LogP) is 15.2. The van der Waals surface area contributed by atoms with Gasteiger partial charge in [0.2, 0.25) is 0 Å². The molecule has 0 saturated heterocycles. The van der Waals surface area contributed by atoms with E-state index in [1.165, 1.54) is 43.1 Å². The fraction of sp³-hybridized carbons (Fsp3) is 0.0926. The number of thiophene rings is 1. The summed E-state index contributed by atoms with van der Waals surface area (Å²) < 4.78 is 13.0. The van der Waals surface area contributed by atoms with Crippen LogP contribution in [0.4, 0.5) is 0 Å². The van der Waals surface area contributed by atoms with Crippen LogP contribution in [0.2, 0.25) is 0 Å². The van der Waals surface area contributed by atoms with E-state index in [0.717, 1.165) is 73.4 Å². The van der Waals surface area contributed by atoms with Gasteiger partial charge in [0.05, 0.1) is 0 Å². The number of furan rings is 2. The highest BCUT2D eigenvalue weighted by molar-refractivity contribution is 7.20. The molecule has 11 aromatic rings. The molecule has 286 valence electrons. The molecule has 6 heteroatoms. The number of hydrogen-bond donors (Lipinski definition) is 0. The minimum absolute atomic E-state index is 0.328. The molecule has 1 aliphatic carbocycles. The zero-order valence-electron chi connectivity index (χ0n) is 33.1. The Morgan fingerprint density at radius 1 is 0.483 bits per heavy atom. The number of fused-ring (bicyclic) bond motifs is 9. The molecule has 4 heterocycles. The Morgan fingerprint density at radius 3 is 1.60 bits per heavy atom. The molecule has 0 aliphatic heterocycles. The topological polar surface area (TPSA) is 65.0 Å². The number of nitrogens with zero attached hydrogens (tertiary/aromatic N) is 3. The summed E-state index contributed by atoms with van der Waals surface area (Å²) >= 11 is 1.90. The first kappa shape index (κ1) is 34.9. The van der Waals surface area contributed by atoms with E-state index in [2.05, 4.69) is 129 Å². The van der Waals surface area contributed by atoms with Gasteiger partial charge in [0.15, 0.2) is 17.5 Å². The van der Waals surface area contributed by atoms with E-state index >= 15 is 0 Å². The van der Waals surface area contributed by atoms with Crippen molar-refractivity contribution in [1.82, 2.24) is 15.0 Å². The van der Waals surface area contributed by atoms with Gasteiger partial charge >= 0.3 is 0 Å². The fourth-order valence-electron chi connectivity index (χ4n) is 9.71. The van der Waals surface area contributed by atoms with E-state index in [1.54, 1.807) is 0 Å². The van der Waals surface area contributed by atoms with Crippen LogP contribution in [-0.2, 0) is 5.41 Å². The first-order valence-electron chi connectivity index (χ1n) is 20.6. The summed E-state index contributed by atoms with van der Waals surface area (Å²) in [5.41, 5.74) is 13.7. The predicted molar refractivity (Wildman–Crippen MR) is 246 cm³/mol. The second-order valence-electron chi connectivity index (χ2n) is 15.9. The highest BCUT2D eigenvalue weighted by Gasteiger charge is 2.44. The zero-order valence-corrected chi connectivity index (χ0v) is 33.9. The number of para-hydroxylation sites is 2. The minimum atomic E-state index is -0.328. The second-order valence-corrected chi connectivity index (χ2v) is 17.0. The van der Waals surface area contributed by atoms with Crippen LogP contribution >= 0.6 is 11.3 Å². The second kappa shape index (κ2) is 13.4. The third-order valence-corrected chi connectivity index (χ3v) is 13.6. The Kier molecular flexibility index (Phi) is 7.81. The third kappa shape index (κ3) is 5.20. The first-order chi connectivity index (χ1) is 29.6. The molecule has 0 spiro atoms. The number of hydrogen-bond acceptors (Lipinski definition) is 6. The molecule has 1 aliphatic rings. The van der Waals surface area contributed by atoms with Crippen molar-refractivity contribution >= 4 is 55.2 Å². The Balaban J connectivity index is 1.13. The van der Waals surface area contributed by atoms with Gasteiger partial charge in [-0.05, 0) is 59.0 Å². The fourth-order valence-corrected chi connectivity index (χ4v) is 11.2. The van der Waals surface area contributed by atoms with Gasteiger partial charge in [-0.25, -0.2) is 15.0 Å². The maximum atomic E-state index is 6.55. The van der Waals surface area contributed by atoms with Crippen molar-refractivity contribution in [3.63, 3.8) is 0 Å². The summed E-state index contributed by atoms with van der Waals surface area (Å²) in [6.07, 6.45) is 1.97. The van der Waals surface area contributed by atoms with Crippen LogP contribution in [0.5, 0.6) is 0 Å². The molecule has 1 atom stereocenters. The van der Waals surface area contributed by atoms with Gasteiger partial charge in [-0.3, -0.25) is 0 Å². The zero-order chi connectivity index (χ0) is 40.0. The van der Waals surface area contributed by atoms with E-state index < -0.39 is 0 Å². The minimum Gasteiger partial charge on any atom is -0.456 e. The molecule has 7 aromatic carbocycles. The van der Waals surface area contributed by atoms with E-state index in [9.17, 15) is 0 Å². The van der Waals surface area contributed by atoms with E-state index in [1.807, 2.05) is 59.9 Å². The monoisotopic (exact) mass is 791 g/mol. The maximum Gasteiger partial charge on any atom is 0.164 e. The van der Waals surface area contributed by atoms with Crippen molar-refractivity contribution in [2.24, 2.45) is 0 Å². The molecule has 12 rings (SSSR count). The standard InChI is InChI=1S/C54H37N3O2S/c1-3-30-54(2)40-31-34(53-56-51(32-16-6-4-7-17-32)55-52(57-53)33-18-8-5-9-19-33)28-29-35(40)50-48(54)47(38-22-14-26-43-45(38)36-20-10-12-24-41(36)58-43)49(60-50)39-23-15-27-44-46(39)37-21-11-13-25-42(37)59-44/h4-29,31H,3,30H2,1-2H3. The van der Waals surface area contributed by atoms with Crippen LogP contribution in [0.25, 0.3) is 110 Å². The maximum absolute atomic E-state index is 6.55. The summed E-state index contributed by atoms with van der Waals surface area (Å²) in [6.45, 7) is 4.75. The van der Waals surface area contributed by atoms with Crippen molar-refractivity contribution < 1.29 is 8.83 Å². The van der Waals surface area contributed by atoms with Gasteiger partial charge in [0.1, 0.15) is 22.3 Å². The van der Waals surface area contributed by atoms with Crippen LogP contribution in [0.15, 0.2) is 173 Å². The molecule has 0 fully saturated rings. The molecule has 0 saturated carbocycles. The van der Waals surface area contributed by atoms with E-state index in [0.29, 0.717) is 17.5 Å². The van der Waals surface area contributed by atoms with Gasteiger partial charge < -0.3 is 8.83 Å². The van der Waals surface area contributed by atoms with E-state index in [-0.39, 0.29) is 5.41 Å². The molecule has 60 heavy (non-hydrogen) atoms. The summed E-state index contributed by atoms with van der Waals surface area (Å²) in [6, 6.07) is 57.1. The SMILES string of the molecule is CCCC1(C)c2cc(-c3nc(-c4ccccc4)nc(-c4ccccc4)n3)ccc2-c2sc(-c3cccc4oc5ccccc5c34)c(-c3cccc4oc5ccccc5c34)c21. The number of aromatic nitrogens is 3.